The highest BCUT2D eigenvalue weighted by Crippen LogP contribution is 1.89. The molecule has 0 aromatic heterocycles. The summed E-state index contributed by atoms with van der Waals surface area (Å²) in [7, 11) is 0. The number of rotatable bonds is 8. The molecule has 0 radical (unpaired) electrons. The van der Waals surface area contributed by atoms with Crippen LogP contribution in [-0.2, 0) is 9.59 Å². The maximum absolute atomic E-state index is 11.1. The highest BCUT2D eigenvalue weighted by atomic mass is 16.3. The fourth-order valence-corrected chi connectivity index (χ4v) is 0.903. The van der Waals surface area contributed by atoms with Gasteiger partial charge in [-0.05, 0) is 20.3 Å². The van der Waals surface area contributed by atoms with E-state index in [1.54, 1.807) is 0 Å². The van der Waals surface area contributed by atoms with E-state index in [0.717, 1.165) is 0 Å². The minimum atomic E-state index is -0.913. The summed E-state index contributed by atoms with van der Waals surface area (Å²) in [6, 6.07) is -1.83. The molecule has 0 saturated heterocycles. The van der Waals surface area contributed by atoms with Crippen LogP contribution in [0.25, 0.3) is 0 Å². The molecule has 8 nitrogen and oxygen atoms in total. The van der Waals surface area contributed by atoms with Crippen LogP contribution in [0.4, 0.5) is 0 Å². The number of amides is 2. The molecule has 8 heteroatoms. The van der Waals surface area contributed by atoms with Crippen LogP contribution in [-0.4, -0.2) is 37.0 Å². The maximum atomic E-state index is 11.1. The highest BCUT2D eigenvalue weighted by molar-refractivity contribution is 5.81. The lowest BCUT2D eigenvalue weighted by molar-refractivity contribution is -0.122. The first-order chi connectivity index (χ1) is 8.02. The Labute approximate surface area is 98.5 Å². The molecule has 2 unspecified atom stereocenters. The molecule has 2 amide bonds. The first-order valence-electron chi connectivity index (χ1n) is 5.23. The van der Waals surface area contributed by atoms with Crippen molar-refractivity contribution in [2.45, 2.75) is 32.4 Å². The van der Waals surface area contributed by atoms with Gasteiger partial charge in [0.25, 0.3) is 0 Å². The minimum Gasteiger partial charge on any atom is -0.354 e. The molecular formula is C9H16N4O4. The van der Waals surface area contributed by atoms with Gasteiger partial charge in [-0.2, -0.15) is 0 Å². The van der Waals surface area contributed by atoms with Gasteiger partial charge in [-0.1, -0.05) is 10.4 Å². The highest BCUT2D eigenvalue weighted by Gasteiger charge is 2.12. The van der Waals surface area contributed by atoms with Gasteiger partial charge in [-0.25, -0.2) is 0 Å². The van der Waals surface area contributed by atoms with E-state index >= 15 is 0 Å². The van der Waals surface area contributed by atoms with Gasteiger partial charge in [-0.3, -0.25) is 9.59 Å². The molecule has 2 atom stereocenters. The van der Waals surface area contributed by atoms with Crippen molar-refractivity contribution in [3.05, 3.63) is 9.81 Å². The Hall–Kier alpha value is -1.86. The van der Waals surface area contributed by atoms with E-state index in [4.69, 9.17) is 0 Å². The maximum Gasteiger partial charge on any atom is 0.248 e. The van der Waals surface area contributed by atoms with Crippen molar-refractivity contribution in [3.8, 4) is 0 Å². The Morgan fingerprint density at radius 2 is 1.29 bits per heavy atom. The van der Waals surface area contributed by atoms with Crippen LogP contribution in [0, 0.1) is 9.81 Å². The summed E-state index contributed by atoms with van der Waals surface area (Å²) >= 11 is 0. The monoisotopic (exact) mass is 244 g/mol. The third-order valence-electron chi connectivity index (χ3n) is 2.03. The number of nitrogens with zero attached hydrogens (tertiary/aromatic N) is 2. The average Bonchev–Trinajstić information content (AvgIpc) is 2.35. The van der Waals surface area contributed by atoms with E-state index in [9.17, 15) is 19.4 Å². The topological polar surface area (TPSA) is 117 Å². The summed E-state index contributed by atoms with van der Waals surface area (Å²) in [6.45, 7) is 3.42. The van der Waals surface area contributed by atoms with Gasteiger partial charge in [0.1, 0.15) is 0 Å². The molecular weight excluding hydrogens is 228 g/mol. The van der Waals surface area contributed by atoms with Gasteiger partial charge in [0.05, 0.1) is 0 Å². The molecule has 0 saturated carbocycles. The fraction of sp³-hybridized carbons (Fsp3) is 0.778. The van der Waals surface area contributed by atoms with Crippen LogP contribution in [0.1, 0.15) is 20.3 Å². The second kappa shape index (κ2) is 8.31. The van der Waals surface area contributed by atoms with Gasteiger partial charge < -0.3 is 10.6 Å². The van der Waals surface area contributed by atoms with E-state index < -0.39 is 23.9 Å². The molecule has 2 N–H and O–H groups in total. The quantitative estimate of drug-likeness (QED) is 0.458. The first-order valence-corrected chi connectivity index (χ1v) is 5.23. The van der Waals surface area contributed by atoms with E-state index in [1.165, 1.54) is 13.8 Å². The third kappa shape index (κ3) is 6.33. The van der Waals surface area contributed by atoms with Crippen molar-refractivity contribution < 1.29 is 9.59 Å². The zero-order valence-electron chi connectivity index (χ0n) is 9.80. The van der Waals surface area contributed by atoms with Crippen molar-refractivity contribution in [1.29, 1.82) is 0 Å². The Bertz CT molecular complexity index is 267. The molecule has 0 aliphatic heterocycles. The summed E-state index contributed by atoms with van der Waals surface area (Å²) in [4.78, 5) is 42.2. The van der Waals surface area contributed by atoms with Crippen LogP contribution < -0.4 is 10.6 Å². The summed E-state index contributed by atoms with van der Waals surface area (Å²) < 4.78 is 0. The zero-order chi connectivity index (χ0) is 13.3. The van der Waals surface area contributed by atoms with E-state index in [1.807, 2.05) is 0 Å². The van der Waals surface area contributed by atoms with Gasteiger partial charge in [0.2, 0.25) is 11.8 Å². The molecule has 0 aromatic rings. The number of carbonyl (C=O) groups excluding carboxylic acids is 2. The van der Waals surface area contributed by atoms with Crippen LogP contribution in [0.15, 0.2) is 10.4 Å². The smallest absolute Gasteiger partial charge is 0.248 e. The summed E-state index contributed by atoms with van der Waals surface area (Å²) in [5, 5.41) is 10.1. The molecule has 0 spiro atoms. The Kier molecular flexibility index (Phi) is 7.40. The number of nitroso groups, excluding NO2 is 2. The fourth-order valence-electron chi connectivity index (χ4n) is 0.903. The SMILES string of the molecule is CC(N=O)C(=O)NCCCNC(=O)C(C)N=O. The van der Waals surface area contributed by atoms with Crippen molar-refractivity contribution in [3.63, 3.8) is 0 Å². The lowest BCUT2D eigenvalue weighted by Gasteiger charge is -2.07. The third-order valence-corrected chi connectivity index (χ3v) is 2.03. The Morgan fingerprint density at radius 3 is 1.59 bits per heavy atom. The van der Waals surface area contributed by atoms with Crippen molar-refractivity contribution >= 4 is 11.8 Å². The molecule has 17 heavy (non-hydrogen) atoms. The predicted octanol–water partition coefficient (Wildman–Crippen LogP) is -0.0813. The predicted molar refractivity (Wildman–Crippen MR) is 61.2 cm³/mol. The normalized spacial score (nSPS) is 13.3. The van der Waals surface area contributed by atoms with Crippen LogP contribution in [0.5, 0.6) is 0 Å². The number of hydrogen-bond acceptors (Lipinski definition) is 6. The van der Waals surface area contributed by atoms with Crippen LogP contribution >= 0.6 is 0 Å². The summed E-state index contributed by atoms with van der Waals surface area (Å²) in [6.07, 6.45) is 0.495. The molecule has 96 valence electrons. The van der Waals surface area contributed by atoms with Crippen LogP contribution in [0.2, 0.25) is 0 Å². The van der Waals surface area contributed by atoms with E-state index in [0.29, 0.717) is 19.5 Å². The number of nitrogens with one attached hydrogen (secondary N) is 2. The molecule has 0 bridgehead atoms. The minimum absolute atomic E-state index is 0.321. The van der Waals surface area contributed by atoms with Gasteiger partial charge >= 0.3 is 0 Å². The molecule has 0 rings (SSSR count). The molecule has 0 aromatic carbocycles. The first kappa shape index (κ1) is 15.1. The summed E-state index contributed by atoms with van der Waals surface area (Å²) in [5.74, 6) is -0.900. The Balaban J connectivity index is 3.59. The van der Waals surface area contributed by atoms with Gasteiger partial charge in [-0.15, -0.1) is 9.81 Å². The second-order valence-corrected chi connectivity index (χ2v) is 3.50. The van der Waals surface area contributed by atoms with Crippen molar-refractivity contribution in [1.82, 2.24) is 10.6 Å². The number of hydrogen-bond donors (Lipinski definition) is 2. The van der Waals surface area contributed by atoms with Crippen molar-refractivity contribution in [2.75, 3.05) is 13.1 Å². The molecule has 0 heterocycles. The second-order valence-electron chi connectivity index (χ2n) is 3.50. The standard InChI is InChI=1S/C9H16N4O4/c1-6(12-16)8(14)10-4-3-5-11-9(15)7(2)13-17/h6-7H,3-5H2,1-2H3,(H,10,14)(H,11,15). The van der Waals surface area contributed by atoms with Gasteiger partial charge in [0.15, 0.2) is 12.1 Å². The van der Waals surface area contributed by atoms with E-state index in [2.05, 4.69) is 21.0 Å². The van der Waals surface area contributed by atoms with E-state index in [-0.39, 0.29) is 0 Å². The molecule has 0 aliphatic carbocycles. The van der Waals surface area contributed by atoms with Crippen molar-refractivity contribution in [2.24, 2.45) is 10.4 Å². The number of carbonyl (C=O) groups is 2. The molecule has 0 fully saturated rings. The largest absolute Gasteiger partial charge is 0.354 e. The molecule has 0 aliphatic rings. The van der Waals surface area contributed by atoms with Crippen LogP contribution in [0.3, 0.4) is 0 Å². The average molecular weight is 244 g/mol. The lowest BCUT2D eigenvalue weighted by Crippen LogP contribution is -2.36. The van der Waals surface area contributed by atoms with Gasteiger partial charge in [0, 0.05) is 13.1 Å². The lowest BCUT2D eigenvalue weighted by atomic mass is 10.3. The Morgan fingerprint density at radius 1 is 0.941 bits per heavy atom. The zero-order valence-corrected chi connectivity index (χ0v) is 9.80. The summed E-state index contributed by atoms with van der Waals surface area (Å²) in [5.41, 5.74) is 0.